The van der Waals surface area contributed by atoms with Gasteiger partial charge in [0.25, 0.3) is 5.91 Å². The molecular weight excluding hydrogens is 774 g/mol. The maximum atomic E-state index is 15.0. The molecule has 0 bridgehead atoms. The summed E-state index contributed by atoms with van der Waals surface area (Å²) in [5, 5.41) is 2.81. The number of amides is 3. The highest BCUT2D eigenvalue weighted by Crippen LogP contribution is 2.48. The van der Waals surface area contributed by atoms with Crippen LogP contribution >= 0.6 is 0 Å². The number of halogens is 3. The number of carbonyl (C=O) groups is 2. The number of carbonyl (C=O) groups excluding carboxylic acids is 2. The van der Waals surface area contributed by atoms with Gasteiger partial charge in [-0.3, -0.25) is 24.2 Å². The van der Waals surface area contributed by atoms with Gasteiger partial charge in [0.2, 0.25) is 20.0 Å². The largest absolute Gasteiger partial charge is 0.573 e. The molecule has 56 heavy (non-hydrogen) atoms. The Balaban J connectivity index is 1.43. The zero-order valence-corrected chi connectivity index (χ0v) is 31.4. The number of hydrogen-bond donors (Lipinski definition) is 3. The van der Waals surface area contributed by atoms with E-state index >= 15 is 0 Å². The molecule has 1 aliphatic rings. The first-order valence-corrected chi connectivity index (χ1v) is 20.3. The van der Waals surface area contributed by atoms with Crippen molar-refractivity contribution in [3.05, 3.63) is 144 Å². The lowest BCUT2D eigenvalue weighted by atomic mass is 9.69. The van der Waals surface area contributed by atoms with E-state index in [-0.39, 0.29) is 39.7 Å². The van der Waals surface area contributed by atoms with Gasteiger partial charge in [-0.15, -0.1) is 13.2 Å². The molecule has 18 heteroatoms. The van der Waals surface area contributed by atoms with Gasteiger partial charge in [-0.05, 0) is 58.7 Å². The predicted octanol–water partition coefficient (Wildman–Crippen LogP) is 6.66. The molecule has 1 fully saturated rings. The molecule has 0 radical (unpaired) electrons. The van der Waals surface area contributed by atoms with E-state index in [4.69, 9.17) is 0 Å². The standard InChI is InChI=1S/C38H35F3N6O7S2/c1-25(31-17-19-42-21-33(31)45-55(50,51)23-27-9-5-3-6-10-27)37(35(48)47(36(49)44-37)29-13-15-30(16-14-29)54-38(39,40)41)26(2)32-18-20-43-22-34(32)46-56(52,53)24-28-11-7-4-8-12-28/h3-22,25-26,45-46H,23-24H2,1-2H3,(H,44,49). The van der Waals surface area contributed by atoms with Crippen molar-refractivity contribution in [3.8, 4) is 5.75 Å². The van der Waals surface area contributed by atoms with E-state index in [1.165, 1.54) is 36.9 Å². The number of ether oxygens (including phenoxy) is 1. The van der Waals surface area contributed by atoms with Crippen LogP contribution in [-0.4, -0.2) is 50.6 Å². The monoisotopic (exact) mass is 808 g/mol. The van der Waals surface area contributed by atoms with Crippen molar-refractivity contribution in [3.63, 3.8) is 0 Å². The molecule has 0 aliphatic carbocycles. The summed E-state index contributed by atoms with van der Waals surface area (Å²) in [7, 11) is -8.11. The third-order valence-corrected chi connectivity index (χ3v) is 11.8. The van der Waals surface area contributed by atoms with Crippen molar-refractivity contribution in [2.24, 2.45) is 0 Å². The second-order valence-corrected chi connectivity index (χ2v) is 16.5. The van der Waals surface area contributed by atoms with E-state index in [1.54, 1.807) is 74.5 Å². The molecule has 0 spiro atoms. The number of nitrogens with one attached hydrogen (secondary N) is 3. The molecule has 2 unspecified atom stereocenters. The average molecular weight is 809 g/mol. The SMILES string of the molecule is CC(c1ccncc1NS(=O)(=O)Cc1ccccc1)C1(C(C)c2ccncc2NS(=O)(=O)Cc2ccccc2)NC(=O)N(c2ccc(OC(F)(F)F)cc2)C1=O. The fourth-order valence-corrected chi connectivity index (χ4v) is 9.20. The minimum Gasteiger partial charge on any atom is -0.406 e. The van der Waals surface area contributed by atoms with Gasteiger partial charge in [-0.1, -0.05) is 74.5 Å². The first-order chi connectivity index (χ1) is 26.5. The molecule has 2 aromatic heterocycles. The Labute approximate surface area is 321 Å². The third kappa shape index (κ3) is 8.76. The second-order valence-electron chi connectivity index (χ2n) is 13.0. The normalized spacial score (nSPS) is 17.2. The number of nitrogens with zero attached hydrogens (tertiary/aromatic N) is 3. The number of anilines is 3. The number of alkyl halides is 3. The van der Waals surface area contributed by atoms with Crippen molar-refractivity contribution >= 4 is 49.0 Å². The molecule has 1 saturated heterocycles. The first kappa shape index (κ1) is 39.7. The number of hydrogen-bond acceptors (Lipinski definition) is 9. The van der Waals surface area contributed by atoms with Crippen LogP contribution in [0.3, 0.4) is 0 Å². The average Bonchev–Trinajstić information content (AvgIpc) is 3.41. The van der Waals surface area contributed by atoms with E-state index in [0.29, 0.717) is 11.1 Å². The maximum absolute atomic E-state index is 15.0. The van der Waals surface area contributed by atoms with Gasteiger partial charge in [0.05, 0.1) is 41.0 Å². The van der Waals surface area contributed by atoms with Crippen molar-refractivity contribution in [2.75, 3.05) is 14.3 Å². The Bertz CT molecular complexity index is 2320. The van der Waals surface area contributed by atoms with E-state index < -0.39 is 61.5 Å². The van der Waals surface area contributed by atoms with Crippen LogP contribution < -0.4 is 24.4 Å². The van der Waals surface area contributed by atoms with Gasteiger partial charge in [0.15, 0.2) is 0 Å². The fourth-order valence-electron chi connectivity index (χ4n) is 6.78. The Hall–Kier alpha value is -6.01. The summed E-state index contributed by atoms with van der Waals surface area (Å²) in [6.45, 7) is 3.17. The topological polar surface area (TPSA) is 177 Å². The number of sulfonamides is 2. The molecule has 292 valence electrons. The van der Waals surface area contributed by atoms with Gasteiger partial charge in [-0.25, -0.2) is 26.5 Å². The highest BCUT2D eigenvalue weighted by molar-refractivity contribution is 7.92. The molecule has 3 N–H and O–H groups in total. The molecule has 1 aliphatic heterocycles. The van der Waals surface area contributed by atoms with Gasteiger partial charge < -0.3 is 10.1 Å². The zero-order valence-electron chi connectivity index (χ0n) is 29.8. The van der Waals surface area contributed by atoms with Crippen LogP contribution in [-0.2, 0) is 36.3 Å². The van der Waals surface area contributed by atoms with Crippen LogP contribution in [0.5, 0.6) is 5.75 Å². The Kier molecular flexibility index (Phi) is 11.1. The second kappa shape index (κ2) is 15.6. The van der Waals surface area contributed by atoms with E-state index in [2.05, 4.69) is 29.5 Å². The number of aromatic nitrogens is 2. The number of rotatable bonds is 14. The first-order valence-electron chi connectivity index (χ1n) is 17.0. The van der Waals surface area contributed by atoms with Gasteiger partial charge in [0, 0.05) is 24.2 Å². The van der Waals surface area contributed by atoms with Crippen molar-refractivity contribution in [1.29, 1.82) is 0 Å². The molecule has 3 aromatic carbocycles. The van der Waals surface area contributed by atoms with Crippen LogP contribution in [0.1, 0.15) is 47.9 Å². The van der Waals surface area contributed by atoms with Crippen LogP contribution in [0, 0.1) is 0 Å². The number of imide groups is 1. The number of urea groups is 1. The Morgan fingerprint density at radius 2 is 1.16 bits per heavy atom. The summed E-state index contributed by atoms with van der Waals surface area (Å²) in [6.07, 6.45) is 0.305. The fraction of sp³-hybridized carbons (Fsp3) is 0.211. The molecule has 6 rings (SSSR count). The summed E-state index contributed by atoms with van der Waals surface area (Å²) in [5.41, 5.74) is -0.569. The quantitative estimate of drug-likeness (QED) is 0.104. The summed E-state index contributed by atoms with van der Waals surface area (Å²) in [6, 6.07) is 23.0. The van der Waals surface area contributed by atoms with Crippen molar-refractivity contribution in [1.82, 2.24) is 15.3 Å². The molecule has 0 saturated carbocycles. The highest BCUT2D eigenvalue weighted by Gasteiger charge is 2.59. The maximum Gasteiger partial charge on any atom is 0.573 e. The van der Waals surface area contributed by atoms with Gasteiger partial charge in [-0.2, -0.15) is 0 Å². The molecule has 3 amide bonds. The van der Waals surface area contributed by atoms with E-state index in [9.17, 15) is 39.6 Å². The minimum atomic E-state index is -4.99. The lowest BCUT2D eigenvalue weighted by molar-refractivity contribution is -0.274. The smallest absolute Gasteiger partial charge is 0.406 e. The van der Waals surface area contributed by atoms with Crippen LogP contribution in [0.4, 0.5) is 35.0 Å². The molecule has 5 aromatic rings. The van der Waals surface area contributed by atoms with Crippen LogP contribution in [0.15, 0.2) is 122 Å². The van der Waals surface area contributed by atoms with Crippen LogP contribution in [0.25, 0.3) is 0 Å². The Morgan fingerprint density at radius 1 is 0.714 bits per heavy atom. The van der Waals surface area contributed by atoms with Crippen molar-refractivity contribution in [2.45, 2.75) is 49.1 Å². The summed E-state index contributed by atoms with van der Waals surface area (Å²) in [4.78, 5) is 37.9. The highest BCUT2D eigenvalue weighted by atomic mass is 32.2. The minimum absolute atomic E-state index is 0.00942. The Morgan fingerprint density at radius 3 is 1.59 bits per heavy atom. The van der Waals surface area contributed by atoms with Gasteiger partial charge >= 0.3 is 12.4 Å². The molecular formula is C38H35F3N6O7S2. The molecule has 2 atom stereocenters. The lowest BCUT2D eigenvalue weighted by Gasteiger charge is -2.39. The lowest BCUT2D eigenvalue weighted by Crippen LogP contribution is -2.55. The van der Waals surface area contributed by atoms with Gasteiger partial charge in [0.1, 0.15) is 11.3 Å². The third-order valence-electron chi connectivity index (χ3n) is 9.34. The summed E-state index contributed by atoms with van der Waals surface area (Å²) >= 11 is 0. The zero-order chi connectivity index (χ0) is 40.3. The van der Waals surface area contributed by atoms with E-state index in [1.807, 2.05) is 0 Å². The molecule has 13 nitrogen and oxygen atoms in total. The van der Waals surface area contributed by atoms with Crippen LogP contribution in [0.2, 0.25) is 0 Å². The number of benzene rings is 3. The summed E-state index contributed by atoms with van der Waals surface area (Å²) < 4.78 is 102. The predicted molar refractivity (Wildman–Crippen MR) is 203 cm³/mol. The molecule has 3 heterocycles. The van der Waals surface area contributed by atoms with E-state index in [0.717, 1.165) is 29.2 Å². The van der Waals surface area contributed by atoms with Crippen molar-refractivity contribution < 1.29 is 44.3 Å². The number of pyridine rings is 2. The summed E-state index contributed by atoms with van der Waals surface area (Å²) in [5.74, 6) is -4.39.